The van der Waals surface area contributed by atoms with Crippen LogP contribution < -0.4 is 10.2 Å². The van der Waals surface area contributed by atoms with E-state index in [0.29, 0.717) is 5.56 Å². The van der Waals surface area contributed by atoms with Crippen LogP contribution in [0.4, 0.5) is 0 Å². The van der Waals surface area contributed by atoms with Gasteiger partial charge in [-0.1, -0.05) is 6.61 Å². The van der Waals surface area contributed by atoms with Crippen molar-refractivity contribution in [3.8, 4) is 16.9 Å². The molecule has 2 aromatic rings. The molecule has 3 N–H and O–H groups in total. The molecule has 0 heterocycles. The van der Waals surface area contributed by atoms with Crippen molar-refractivity contribution in [2.24, 2.45) is 0 Å². The third-order valence-corrected chi connectivity index (χ3v) is 3.13. The average molecular weight is 358 g/mol. The minimum Gasteiger partial charge on any atom is -0.428 e. The van der Waals surface area contributed by atoms with Crippen molar-refractivity contribution in [2.45, 2.75) is 0 Å². The van der Waals surface area contributed by atoms with Crippen LogP contribution in [-0.2, 0) is 15.0 Å². The number of methoxy groups -OCH3 is 1. The Hall–Kier alpha value is -2.01. The van der Waals surface area contributed by atoms with E-state index >= 15 is 0 Å². The fraction of sp³-hybridized carbons (Fsp3) is 0.118. The molecule has 23 heavy (non-hydrogen) atoms. The second-order valence-corrected chi connectivity index (χ2v) is 4.49. The summed E-state index contributed by atoms with van der Waals surface area (Å²) in [5, 5.41) is 16.0. The fourth-order valence-corrected chi connectivity index (χ4v) is 2.02. The third kappa shape index (κ3) is 5.29. The van der Waals surface area contributed by atoms with Gasteiger partial charge in [0.05, 0.1) is 0 Å². The first-order valence-electron chi connectivity index (χ1n) is 6.55. The molecule has 0 unspecified atom stereocenters. The standard InChI is InChI=1S/C15H12NO3.C2H5O.Ni/c1-10-9-13(19-2)7-8-14(10)11-3-5-12(6-4-11)15(17)16-18;1-2-3;/h1,3,5-9,18H,2H3,(H,16,17);3H,1-2H2;/q2*-1;. The van der Waals surface area contributed by atoms with Crippen molar-refractivity contribution in [3.05, 3.63) is 60.5 Å². The molecule has 2 aromatic carbocycles. The molecule has 0 radical (unpaired) electrons. The number of aliphatic hydroxyl groups is 1. The Morgan fingerprint density at radius 3 is 2.61 bits per heavy atom. The average Bonchev–Trinajstić information content (AvgIpc) is 2.61. The molecule has 0 bridgehead atoms. The van der Waals surface area contributed by atoms with Crippen LogP contribution in [0, 0.1) is 13.0 Å². The van der Waals surface area contributed by atoms with Gasteiger partial charge in [0.2, 0.25) is 0 Å². The molecule has 2 rings (SSSR count). The van der Waals surface area contributed by atoms with Crippen LogP contribution in [0.1, 0.15) is 15.9 Å². The van der Waals surface area contributed by atoms with Gasteiger partial charge < -0.3 is 12.0 Å². The molecular formula is C17H17NNiO4-2. The SMILES string of the molecule is COc1ccc(-c2[c-]cc(C(=O)NO)cc2)c([CH]=[Ni])c1.[CH2-]CO. The van der Waals surface area contributed by atoms with E-state index in [9.17, 15) is 4.79 Å². The molecule has 0 spiro atoms. The van der Waals surface area contributed by atoms with Crippen molar-refractivity contribution >= 4 is 10.9 Å². The molecule has 0 aliphatic heterocycles. The summed E-state index contributed by atoms with van der Waals surface area (Å²) < 4.78 is 5.16. The molecule has 126 valence electrons. The molecule has 0 atom stereocenters. The molecule has 5 nitrogen and oxygen atoms in total. The van der Waals surface area contributed by atoms with Gasteiger partial charge in [-0.3, -0.25) is 0 Å². The first-order valence-corrected chi connectivity index (χ1v) is 7.12. The summed E-state index contributed by atoms with van der Waals surface area (Å²) in [7, 11) is 1.60. The number of amides is 1. The summed E-state index contributed by atoms with van der Waals surface area (Å²) in [6.07, 6.45) is 0. The second-order valence-electron chi connectivity index (χ2n) is 4.20. The molecule has 1 amide bonds. The van der Waals surface area contributed by atoms with Gasteiger partial charge in [-0.05, 0) is 0 Å². The largest absolute Gasteiger partial charge is 0.428 e. The Morgan fingerprint density at radius 2 is 2.13 bits per heavy atom. The summed E-state index contributed by atoms with van der Waals surface area (Å²) in [4.78, 5) is 12.9. The maximum atomic E-state index is 11.2. The number of hydroxylamine groups is 1. The van der Waals surface area contributed by atoms with Gasteiger partial charge in [0.15, 0.2) is 0 Å². The number of carbonyl (C=O) groups excluding carboxylic acids is 1. The normalized spacial score (nSPS) is 9.48. The van der Waals surface area contributed by atoms with Gasteiger partial charge in [-0.15, -0.1) is 0 Å². The monoisotopic (exact) mass is 357 g/mol. The van der Waals surface area contributed by atoms with Crippen LogP contribution in [0.5, 0.6) is 5.75 Å². The number of hydrogen-bond donors (Lipinski definition) is 3. The van der Waals surface area contributed by atoms with Crippen LogP contribution >= 0.6 is 0 Å². The van der Waals surface area contributed by atoms with Gasteiger partial charge >= 0.3 is 124 Å². The van der Waals surface area contributed by atoms with Crippen LogP contribution in [-0.4, -0.2) is 34.9 Å². The number of hydrogen-bond acceptors (Lipinski definition) is 4. The van der Waals surface area contributed by atoms with E-state index < -0.39 is 5.91 Å². The van der Waals surface area contributed by atoms with Crippen LogP contribution in [0.2, 0.25) is 0 Å². The summed E-state index contributed by atoms with van der Waals surface area (Å²) in [5.41, 5.74) is 4.49. The topological polar surface area (TPSA) is 78.8 Å². The zero-order valence-electron chi connectivity index (χ0n) is 12.5. The number of aliphatic hydroxyl groups excluding tert-OH is 1. The zero-order valence-corrected chi connectivity index (χ0v) is 13.5. The molecule has 0 saturated carbocycles. The van der Waals surface area contributed by atoms with Gasteiger partial charge in [0.25, 0.3) is 0 Å². The van der Waals surface area contributed by atoms with Gasteiger partial charge in [0, 0.05) is 0 Å². The molecule has 0 aliphatic rings. The summed E-state index contributed by atoms with van der Waals surface area (Å²) >= 11 is 4.70. The number of ether oxygens (including phenoxy) is 1. The van der Waals surface area contributed by atoms with E-state index in [1.54, 1.807) is 29.7 Å². The number of rotatable bonds is 4. The van der Waals surface area contributed by atoms with E-state index in [1.807, 2.05) is 18.2 Å². The Balaban J connectivity index is 0.000000816. The summed E-state index contributed by atoms with van der Waals surface area (Å²) in [6.45, 7) is 3.04. The number of benzene rings is 2. The smallest absolute Gasteiger partial charge is 0.0827 e. The third-order valence-electron chi connectivity index (χ3n) is 2.82. The first-order chi connectivity index (χ1) is 11.1. The van der Waals surface area contributed by atoms with Crippen LogP contribution in [0.25, 0.3) is 11.1 Å². The Bertz CT molecular complexity index is 656. The van der Waals surface area contributed by atoms with Gasteiger partial charge in [-0.2, -0.15) is 0 Å². The van der Waals surface area contributed by atoms with Crippen LogP contribution in [0.3, 0.4) is 0 Å². The molecule has 0 aliphatic carbocycles. The predicted molar refractivity (Wildman–Crippen MR) is 84.1 cm³/mol. The minimum absolute atomic E-state index is 0. The van der Waals surface area contributed by atoms with E-state index in [-0.39, 0.29) is 6.61 Å². The Kier molecular flexibility index (Phi) is 8.19. The minimum atomic E-state index is -0.570. The Labute approximate surface area is 142 Å². The maximum absolute atomic E-state index is 11.2. The first kappa shape index (κ1) is 19.0. The van der Waals surface area contributed by atoms with Crippen molar-refractivity contribution in [3.63, 3.8) is 0 Å². The Morgan fingerprint density at radius 1 is 1.43 bits per heavy atom. The van der Waals surface area contributed by atoms with Crippen molar-refractivity contribution in [2.75, 3.05) is 13.7 Å². The zero-order chi connectivity index (χ0) is 17.2. The van der Waals surface area contributed by atoms with Gasteiger partial charge in [0.1, 0.15) is 0 Å². The van der Waals surface area contributed by atoms with Gasteiger partial charge in [-0.25, -0.2) is 0 Å². The fourth-order valence-electron chi connectivity index (χ4n) is 1.79. The maximum Gasteiger partial charge on any atom is -0.0827 e. The molecule has 0 saturated heterocycles. The molecular weight excluding hydrogens is 341 g/mol. The number of carbonyl (C=O) groups is 1. The predicted octanol–water partition coefficient (Wildman–Crippen LogP) is 1.79. The molecule has 6 heteroatoms. The molecule has 0 fully saturated rings. The number of nitrogens with one attached hydrogen (secondary N) is 1. The van der Waals surface area contributed by atoms with E-state index in [1.165, 1.54) is 6.07 Å². The van der Waals surface area contributed by atoms with Crippen molar-refractivity contribution in [1.29, 1.82) is 0 Å². The van der Waals surface area contributed by atoms with Crippen molar-refractivity contribution < 1.29 is 34.9 Å². The van der Waals surface area contributed by atoms with E-state index in [4.69, 9.17) is 30.1 Å². The summed E-state index contributed by atoms with van der Waals surface area (Å²) in [6, 6.07) is 13.5. The molecule has 0 aromatic heterocycles. The summed E-state index contributed by atoms with van der Waals surface area (Å²) in [5.74, 6) is 0.160. The van der Waals surface area contributed by atoms with E-state index in [2.05, 4.69) is 13.0 Å². The second kappa shape index (κ2) is 9.90. The van der Waals surface area contributed by atoms with Crippen molar-refractivity contribution in [1.82, 2.24) is 5.48 Å². The quantitative estimate of drug-likeness (QED) is 0.337. The van der Waals surface area contributed by atoms with Crippen LogP contribution in [0.15, 0.2) is 36.4 Å². The van der Waals surface area contributed by atoms with E-state index in [0.717, 1.165) is 22.4 Å².